The van der Waals surface area contributed by atoms with E-state index in [1.807, 2.05) is 13.8 Å². The van der Waals surface area contributed by atoms with E-state index >= 15 is 0 Å². The minimum atomic E-state index is -4.52. The molecule has 0 aliphatic rings. The minimum absolute atomic E-state index is 0.0579. The van der Waals surface area contributed by atoms with Gasteiger partial charge >= 0.3 is 6.18 Å². The van der Waals surface area contributed by atoms with Crippen molar-refractivity contribution in [2.75, 3.05) is 0 Å². The molecule has 0 fully saturated rings. The molecule has 0 saturated heterocycles. The molecular weight excluding hydrogens is 295 g/mol. The van der Waals surface area contributed by atoms with E-state index in [1.165, 1.54) is 0 Å². The summed E-state index contributed by atoms with van der Waals surface area (Å²) in [6.07, 6.45) is -0.430. The Hall–Kier alpha value is -2.51. The zero-order valence-electron chi connectivity index (χ0n) is 11.8. The fourth-order valence-electron chi connectivity index (χ4n) is 2.21. The van der Waals surface area contributed by atoms with Crippen LogP contribution in [0.2, 0.25) is 0 Å². The average Bonchev–Trinajstić information content (AvgIpc) is 2.86. The van der Waals surface area contributed by atoms with Crippen LogP contribution >= 0.6 is 0 Å². The fraction of sp³-hybridized carbons (Fsp3) is 0.286. The van der Waals surface area contributed by atoms with Crippen LogP contribution in [0.3, 0.4) is 0 Å². The third-order valence-corrected chi connectivity index (χ3v) is 3.20. The largest absolute Gasteiger partial charge is 0.433 e. The van der Waals surface area contributed by atoms with E-state index in [1.54, 1.807) is 23.1 Å². The monoisotopic (exact) mass is 307 g/mol. The van der Waals surface area contributed by atoms with Crippen LogP contribution in [0, 0.1) is 0 Å². The zero-order valence-corrected chi connectivity index (χ0v) is 11.8. The lowest BCUT2D eigenvalue weighted by molar-refractivity contribution is -0.141. The Labute approximate surface area is 123 Å². The molecule has 5 nitrogen and oxygen atoms in total. The molecular formula is C14H12F3N5. The summed E-state index contributed by atoms with van der Waals surface area (Å²) in [6.45, 7) is 3.88. The van der Waals surface area contributed by atoms with Gasteiger partial charge in [-0.15, -0.1) is 0 Å². The number of alkyl halides is 3. The van der Waals surface area contributed by atoms with E-state index in [0.717, 1.165) is 17.9 Å². The molecule has 0 aromatic carbocycles. The lowest BCUT2D eigenvalue weighted by Crippen LogP contribution is -2.08. The van der Waals surface area contributed by atoms with Crippen LogP contribution in [-0.4, -0.2) is 24.7 Å². The van der Waals surface area contributed by atoms with Crippen LogP contribution in [0.5, 0.6) is 0 Å². The SMILES string of the molecule is CC(C)n1nc(-c2cc(C(F)(F)F)ncn2)c2cnccc21. The molecule has 0 aliphatic carbocycles. The molecule has 0 amide bonds. The summed E-state index contributed by atoms with van der Waals surface area (Å²) in [7, 11) is 0. The second-order valence-corrected chi connectivity index (χ2v) is 5.07. The normalized spacial score (nSPS) is 12.3. The van der Waals surface area contributed by atoms with Gasteiger partial charge in [0.25, 0.3) is 0 Å². The predicted molar refractivity (Wildman–Crippen MR) is 73.9 cm³/mol. The van der Waals surface area contributed by atoms with Gasteiger partial charge in [0.2, 0.25) is 0 Å². The first-order valence-electron chi connectivity index (χ1n) is 6.60. The van der Waals surface area contributed by atoms with Crippen LogP contribution in [-0.2, 0) is 6.18 Å². The predicted octanol–water partition coefficient (Wildman–Crippen LogP) is 3.49. The molecule has 0 bridgehead atoms. The quantitative estimate of drug-likeness (QED) is 0.727. The lowest BCUT2D eigenvalue weighted by atomic mass is 10.2. The summed E-state index contributed by atoms with van der Waals surface area (Å²) in [5.74, 6) is 0. The van der Waals surface area contributed by atoms with Crippen LogP contribution in [0.25, 0.3) is 22.3 Å². The van der Waals surface area contributed by atoms with Crippen molar-refractivity contribution in [1.82, 2.24) is 24.7 Å². The summed E-state index contributed by atoms with van der Waals surface area (Å²) >= 11 is 0. The first kappa shape index (κ1) is 14.4. The molecule has 3 heterocycles. The highest BCUT2D eigenvalue weighted by Gasteiger charge is 2.33. The number of halogens is 3. The van der Waals surface area contributed by atoms with Crippen molar-refractivity contribution in [1.29, 1.82) is 0 Å². The summed E-state index contributed by atoms with van der Waals surface area (Å²) in [6, 6.07) is 2.74. The Morgan fingerprint density at radius 2 is 1.95 bits per heavy atom. The molecule has 22 heavy (non-hydrogen) atoms. The maximum absolute atomic E-state index is 12.8. The molecule has 0 spiro atoms. The van der Waals surface area contributed by atoms with Gasteiger partial charge in [-0.05, 0) is 26.0 Å². The van der Waals surface area contributed by atoms with Gasteiger partial charge in [-0.2, -0.15) is 18.3 Å². The zero-order chi connectivity index (χ0) is 15.9. The van der Waals surface area contributed by atoms with Crippen molar-refractivity contribution in [2.24, 2.45) is 0 Å². The Bertz CT molecular complexity index is 823. The van der Waals surface area contributed by atoms with Crippen molar-refractivity contribution in [2.45, 2.75) is 26.1 Å². The summed E-state index contributed by atoms with van der Waals surface area (Å²) < 4.78 is 40.1. The topological polar surface area (TPSA) is 56.5 Å². The minimum Gasteiger partial charge on any atom is -0.264 e. The van der Waals surface area contributed by atoms with E-state index in [0.29, 0.717) is 11.1 Å². The molecule has 0 N–H and O–H groups in total. The molecule has 0 unspecified atom stereocenters. The Kier molecular flexibility index (Phi) is 3.31. The van der Waals surface area contributed by atoms with E-state index in [4.69, 9.17) is 0 Å². The van der Waals surface area contributed by atoms with E-state index < -0.39 is 11.9 Å². The average molecular weight is 307 g/mol. The number of hydrogen-bond donors (Lipinski definition) is 0. The van der Waals surface area contributed by atoms with Gasteiger partial charge in [0.1, 0.15) is 17.7 Å². The second kappa shape index (κ2) is 5.04. The van der Waals surface area contributed by atoms with Crippen molar-refractivity contribution in [3.05, 3.63) is 36.5 Å². The highest BCUT2D eigenvalue weighted by atomic mass is 19.4. The molecule has 0 saturated carbocycles. The first-order chi connectivity index (χ1) is 10.4. The van der Waals surface area contributed by atoms with Crippen molar-refractivity contribution in [3.63, 3.8) is 0 Å². The van der Waals surface area contributed by atoms with Crippen LogP contribution in [0.15, 0.2) is 30.9 Å². The summed E-state index contributed by atoms with van der Waals surface area (Å²) in [4.78, 5) is 11.2. The molecule has 0 radical (unpaired) electrons. The van der Waals surface area contributed by atoms with Gasteiger partial charge in [0.05, 0.1) is 11.2 Å². The number of hydrogen-bond acceptors (Lipinski definition) is 4. The summed E-state index contributed by atoms with van der Waals surface area (Å²) in [5, 5.41) is 5.06. The Balaban J connectivity index is 2.23. The second-order valence-electron chi connectivity index (χ2n) is 5.07. The number of nitrogens with zero attached hydrogens (tertiary/aromatic N) is 5. The standard InChI is InChI=1S/C14H12F3N5/c1-8(2)22-11-3-4-18-6-9(11)13(21-22)10-5-12(14(15,16)17)20-7-19-10/h3-8H,1-2H3. The van der Waals surface area contributed by atoms with Gasteiger partial charge in [-0.3, -0.25) is 9.67 Å². The molecule has 3 aromatic heterocycles. The van der Waals surface area contributed by atoms with Crippen LogP contribution in [0.1, 0.15) is 25.6 Å². The molecule has 3 aromatic rings. The van der Waals surface area contributed by atoms with Gasteiger partial charge in [0.15, 0.2) is 0 Å². The van der Waals surface area contributed by atoms with Crippen LogP contribution in [0.4, 0.5) is 13.2 Å². The molecule has 3 rings (SSSR count). The fourth-order valence-corrected chi connectivity index (χ4v) is 2.21. The van der Waals surface area contributed by atoms with Gasteiger partial charge in [-0.25, -0.2) is 9.97 Å². The third kappa shape index (κ3) is 2.40. The Morgan fingerprint density at radius 1 is 1.18 bits per heavy atom. The Morgan fingerprint density at radius 3 is 2.64 bits per heavy atom. The smallest absolute Gasteiger partial charge is 0.264 e. The van der Waals surface area contributed by atoms with Crippen molar-refractivity contribution in [3.8, 4) is 11.4 Å². The maximum atomic E-state index is 12.8. The lowest BCUT2D eigenvalue weighted by Gasteiger charge is -2.06. The highest BCUT2D eigenvalue weighted by Crippen LogP contribution is 2.32. The highest BCUT2D eigenvalue weighted by molar-refractivity contribution is 5.91. The van der Waals surface area contributed by atoms with Crippen LogP contribution < -0.4 is 0 Å². The van der Waals surface area contributed by atoms with Crippen molar-refractivity contribution >= 4 is 10.9 Å². The number of rotatable bonds is 2. The first-order valence-corrected chi connectivity index (χ1v) is 6.60. The number of pyridine rings is 1. The number of fused-ring (bicyclic) bond motifs is 1. The van der Waals surface area contributed by atoms with Gasteiger partial charge in [0, 0.05) is 23.8 Å². The van der Waals surface area contributed by atoms with E-state index in [2.05, 4.69) is 20.1 Å². The third-order valence-electron chi connectivity index (χ3n) is 3.20. The number of aromatic nitrogens is 5. The maximum Gasteiger partial charge on any atom is 0.433 e. The van der Waals surface area contributed by atoms with Gasteiger partial charge < -0.3 is 0 Å². The molecule has 114 valence electrons. The van der Waals surface area contributed by atoms with E-state index in [9.17, 15) is 13.2 Å². The molecule has 8 heteroatoms. The van der Waals surface area contributed by atoms with Crippen molar-refractivity contribution < 1.29 is 13.2 Å². The summed E-state index contributed by atoms with van der Waals surface area (Å²) in [5.41, 5.74) is 0.297. The van der Waals surface area contributed by atoms with E-state index in [-0.39, 0.29) is 11.7 Å². The molecule has 0 aliphatic heterocycles. The molecule has 0 atom stereocenters. The van der Waals surface area contributed by atoms with Gasteiger partial charge in [-0.1, -0.05) is 0 Å².